The number of aromatic nitrogens is 3. The van der Waals surface area contributed by atoms with E-state index in [4.69, 9.17) is 27.9 Å². The number of nitrogens with zero attached hydrogens (tertiary/aromatic N) is 4. The lowest BCUT2D eigenvalue weighted by Gasteiger charge is -2.18. The van der Waals surface area contributed by atoms with E-state index in [1.165, 1.54) is 12.1 Å². The van der Waals surface area contributed by atoms with Crippen molar-refractivity contribution in [3.63, 3.8) is 0 Å². The van der Waals surface area contributed by atoms with Gasteiger partial charge in [0.2, 0.25) is 5.95 Å². The monoisotopic (exact) mass is 406 g/mol. The number of hydrogen-bond acceptors (Lipinski definition) is 5. The molecule has 0 aliphatic carbocycles. The Morgan fingerprint density at radius 3 is 2.41 bits per heavy atom. The van der Waals surface area contributed by atoms with Crippen molar-refractivity contribution in [2.24, 2.45) is 0 Å². The molecular formula is C19H17Cl2FN4O. The number of pyridine rings is 1. The lowest BCUT2D eigenvalue weighted by Crippen LogP contribution is -2.12. The van der Waals surface area contributed by atoms with Gasteiger partial charge in [0, 0.05) is 54.4 Å². The Morgan fingerprint density at radius 1 is 1.04 bits per heavy atom. The Bertz CT molecular complexity index is 951. The summed E-state index contributed by atoms with van der Waals surface area (Å²) < 4.78 is 19.7. The Hall–Kier alpha value is -2.44. The highest BCUT2D eigenvalue weighted by Gasteiger charge is 2.19. The minimum Gasteiger partial charge on any atom is -0.484 e. The van der Waals surface area contributed by atoms with E-state index in [2.05, 4.69) is 15.0 Å². The summed E-state index contributed by atoms with van der Waals surface area (Å²) >= 11 is 12.2. The normalized spacial score (nSPS) is 11.9. The molecule has 0 fully saturated rings. The Balaban J connectivity index is 1.85. The van der Waals surface area contributed by atoms with Crippen LogP contribution in [0.3, 0.4) is 0 Å². The molecule has 1 aromatic carbocycles. The van der Waals surface area contributed by atoms with Crippen molar-refractivity contribution in [3.05, 3.63) is 64.4 Å². The van der Waals surface area contributed by atoms with Crippen LogP contribution in [0.1, 0.15) is 18.6 Å². The second-order valence-corrected chi connectivity index (χ2v) is 6.88. The first-order valence-corrected chi connectivity index (χ1v) is 8.87. The van der Waals surface area contributed by atoms with Crippen molar-refractivity contribution in [2.45, 2.75) is 13.0 Å². The summed E-state index contributed by atoms with van der Waals surface area (Å²) in [7, 11) is 3.74. The summed E-state index contributed by atoms with van der Waals surface area (Å²) in [6.45, 7) is 1.74. The van der Waals surface area contributed by atoms with Gasteiger partial charge in [0.25, 0.3) is 0 Å². The minimum absolute atomic E-state index is 0.0493. The molecule has 0 spiro atoms. The maximum atomic E-state index is 13.8. The lowest BCUT2D eigenvalue weighted by atomic mass is 10.1. The molecule has 0 bridgehead atoms. The van der Waals surface area contributed by atoms with Gasteiger partial charge >= 0.3 is 0 Å². The molecule has 8 heteroatoms. The van der Waals surface area contributed by atoms with Crippen molar-refractivity contribution >= 4 is 29.2 Å². The fraction of sp³-hybridized carbons (Fsp3) is 0.211. The van der Waals surface area contributed by atoms with Crippen LogP contribution >= 0.6 is 23.2 Å². The van der Waals surface area contributed by atoms with E-state index in [1.54, 1.807) is 37.8 Å². The van der Waals surface area contributed by atoms with Gasteiger partial charge in [0.1, 0.15) is 17.7 Å². The van der Waals surface area contributed by atoms with Gasteiger partial charge < -0.3 is 9.64 Å². The number of ether oxygens (including phenoxy) is 1. The number of hydrogen-bond donors (Lipinski definition) is 0. The zero-order chi connectivity index (χ0) is 19.6. The Labute approximate surface area is 166 Å². The van der Waals surface area contributed by atoms with Gasteiger partial charge in [-0.2, -0.15) is 0 Å². The highest BCUT2D eigenvalue weighted by atomic mass is 35.5. The van der Waals surface area contributed by atoms with Crippen LogP contribution in [0, 0.1) is 5.82 Å². The third kappa shape index (κ3) is 4.28. The van der Waals surface area contributed by atoms with Gasteiger partial charge in [-0.15, -0.1) is 0 Å². The molecule has 0 aliphatic rings. The summed E-state index contributed by atoms with van der Waals surface area (Å²) in [6.07, 6.45) is 6.12. The van der Waals surface area contributed by atoms with Crippen LogP contribution in [0.4, 0.5) is 10.3 Å². The van der Waals surface area contributed by atoms with Crippen molar-refractivity contribution in [1.82, 2.24) is 15.0 Å². The van der Waals surface area contributed by atoms with Crippen molar-refractivity contribution in [2.75, 3.05) is 19.0 Å². The molecule has 2 aromatic heterocycles. The largest absolute Gasteiger partial charge is 0.484 e. The van der Waals surface area contributed by atoms with Crippen molar-refractivity contribution in [1.29, 1.82) is 0 Å². The SMILES string of the molecule is C[C@@H](Oc1cncc(-c2cnc(N(C)C)nc2)c1)c1c(Cl)ccc(F)c1Cl. The van der Waals surface area contributed by atoms with Gasteiger partial charge in [-0.3, -0.25) is 4.98 Å². The van der Waals surface area contributed by atoms with Crippen LogP contribution < -0.4 is 9.64 Å². The van der Waals surface area contributed by atoms with E-state index in [9.17, 15) is 4.39 Å². The minimum atomic E-state index is -0.565. The number of halogens is 3. The number of benzene rings is 1. The van der Waals surface area contributed by atoms with E-state index in [0.717, 1.165) is 11.1 Å². The molecule has 5 nitrogen and oxygen atoms in total. The average molecular weight is 407 g/mol. The summed E-state index contributed by atoms with van der Waals surface area (Å²) in [4.78, 5) is 14.6. The molecule has 1 atom stereocenters. The molecule has 140 valence electrons. The number of anilines is 1. The molecular weight excluding hydrogens is 390 g/mol. The molecule has 0 aliphatic heterocycles. The average Bonchev–Trinajstić information content (AvgIpc) is 2.65. The predicted molar refractivity (Wildman–Crippen MR) is 105 cm³/mol. The van der Waals surface area contributed by atoms with Gasteiger partial charge in [-0.05, 0) is 25.1 Å². The molecule has 0 saturated carbocycles. The van der Waals surface area contributed by atoms with Crippen LogP contribution in [-0.2, 0) is 0 Å². The highest BCUT2D eigenvalue weighted by Crippen LogP contribution is 2.35. The fourth-order valence-electron chi connectivity index (χ4n) is 2.52. The third-order valence-corrected chi connectivity index (χ3v) is 4.60. The quantitative estimate of drug-likeness (QED) is 0.545. The molecule has 0 saturated heterocycles. The number of rotatable bonds is 5. The van der Waals surface area contributed by atoms with Crippen LogP contribution in [0.5, 0.6) is 5.75 Å². The molecule has 0 unspecified atom stereocenters. The van der Waals surface area contributed by atoms with Gasteiger partial charge in [0.05, 0.1) is 11.2 Å². The molecule has 3 rings (SSSR count). The van der Waals surface area contributed by atoms with Crippen LogP contribution in [0.15, 0.2) is 43.0 Å². The summed E-state index contributed by atoms with van der Waals surface area (Å²) in [5.41, 5.74) is 1.98. The molecule has 2 heterocycles. The second kappa shape index (κ2) is 8.06. The molecule has 0 N–H and O–H groups in total. The maximum Gasteiger partial charge on any atom is 0.224 e. The first kappa shape index (κ1) is 19.3. The lowest BCUT2D eigenvalue weighted by molar-refractivity contribution is 0.226. The molecule has 3 aromatic rings. The van der Waals surface area contributed by atoms with E-state index >= 15 is 0 Å². The van der Waals surface area contributed by atoms with E-state index in [0.29, 0.717) is 22.3 Å². The van der Waals surface area contributed by atoms with Crippen LogP contribution in [0.2, 0.25) is 10.0 Å². The van der Waals surface area contributed by atoms with Gasteiger partial charge in [-0.25, -0.2) is 14.4 Å². The van der Waals surface area contributed by atoms with Crippen LogP contribution in [-0.4, -0.2) is 29.0 Å². The predicted octanol–water partition coefficient (Wildman–Crippen LogP) is 5.19. The first-order valence-electron chi connectivity index (χ1n) is 8.11. The van der Waals surface area contributed by atoms with Gasteiger partial charge in [0.15, 0.2) is 0 Å². The smallest absolute Gasteiger partial charge is 0.224 e. The highest BCUT2D eigenvalue weighted by molar-refractivity contribution is 6.36. The fourth-order valence-corrected chi connectivity index (χ4v) is 3.20. The maximum absolute atomic E-state index is 13.8. The third-order valence-electron chi connectivity index (χ3n) is 3.88. The van der Waals surface area contributed by atoms with Crippen molar-refractivity contribution in [3.8, 4) is 16.9 Å². The van der Waals surface area contributed by atoms with E-state index in [-0.39, 0.29) is 5.02 Å². The Kier molecular flexibility index (Phi) is 5.77. The van der Waals surface area contributed by atoms with Crippen molar-refractivity contribution < 1.29 is 9.13 Å². The Morgan fingerprint density at radius 2 is 1.74 bits per heavy atom. The van der Waals surface area contributed by atoms with Gasteiger partial charge in [-0.1, -0.05) is 23.2 Å². The summed E-state index contributed by atoms with van der Waals surface area (Å²) in [6, 6.07) is 4.48. The molecule has 27 heavy (non-hydrogen) atoms. The topological polar surface area (TPSA) is 51.1 Å². The first-order chi connectivity index (χ1) is 12.9. The standard InChI is InChI=1S/C19H17Cl2FN4O/c1-11(17-15(20)4-5-16(22)18(17)21)27-14-6-12(7-23-10-14)13-8-24-19(25-9-13)26(2)3/h4-11H,1-3H3/t11-/m1/s1. The zero-order valence-electron chi connectivity index (χ0n) is 14.9. The summed E-state index contributed by atoms with van der Waals surface area (Å²) in [5, 5.41) is 0.289. The zero-order valence-corrected chi connectivity index (χ0v) is 16.5. The van der Waals surface area contributed by atoms with E-state index in [1.807, 2.05) is 19.0 Å². The van der Waals surface area contributed by atoms with E-state index < -0.39 is 11.9 Å². The summed E-state index contributed by atoms with van der Waals surface area (Å²) in [5.74, 6) is 0.563. The molecule has 0 amide bonds. The van der Waals surface area contributed by atoms with Crippen LogP contribution in [0.25, 0.3) is 11.1 Å². The second-order valence-electron chi connectivity index (χ2n) is 6.09. The molecule has 0 radical (unpaired) electrons.